The van der Waals surface area contributed by atoms with Gasteiger partial charge in [-0.3, -0.25) is 14.4 Å². The maximum Gasteiger partial charge on any atom is 0.224 e. The SMILES string of the molecule is Cn1cc(CN2C[C@H](C(=O)NCC3CC3)[C@@H]3CCO[C@@H]3C2)cn1. The molecule has 126 valence electrons. The van der Waals surface area contributed by atoms with E-state index in [2.05, 4.69) is 15.3 Å². The van der Waals surface area contributed by atoms with Gasteiger partial charge in [0.05, 0.1) is 18.2 Å². The summed E-state index contributed by atoms with van der Waals surface area (Å²) < 4.78 is 7.73. The Morgan fingerprint density at radius 2 is 2.26 bits per heavy atom. The minimum atomic E-state index is 0.0617. The van der Waals surface area contributed by atoms with Crippen molar-refractivity contribution in [2.75, 3.05) is 26.2 Å². The molecule has 0 radical (unpaired) electrons. The van der Waals surface area contributed by atoms with Crippen LogP contribution in [0.3, 0.4) is 0 Å². The molecule has 0 spiro atoms. The smallest absolute Gasteiger partial charge is 0.224 e. The van der Waals surface area contributed by atoms with Crippen LogP contribution in [0, 0.1) is 17.8 Å². The van der Waals surface area contributed by atoms with E-state index in [0.29, 0.717) is 5.92 Å². The Labute approximate surface area is 137 Å². The topological polar surface area (TPSA) is 59.4 Å². The molecule has 1 aliphatic carbocycles. The second-order valence-corrected chi connectivity index (χ2v) is 7.37. The molecular formula is C17H26N4O2. The number of nitrogens with zero attached hydrogens (tertiary/aromatic N) is 3. The number of rotatable bonds is 5. The Morgan fingerprint density at radius 1 is 1.39 bits per heavy atom. The molecule has 1 amide bonds. The lowest BCUT2D eigenvalue weighted by molar-refractivity contribution is -0.131. The first-order valence-corrected chi connectivity index (χ1v) is 8.78. The highest BCUT2D eigenvalue weighted by atomic mass is 16.5. The number of likely N-dealkylation sites (tertiary alicyclic amines) is 1. The van der Waals surface area contributed by atoms with Crippen LogP contribution in [0.2, 0.25) is 0 Å². The van der Waals surface area contributed by atoms with Crippen LogP contribution in [-0.4, -0.2) is 52.9 Å². The van der Waals surface area contributed by atoms with Gasteiger partial charge in [-0.15, -0.1) is 0 Å². The number of carbonyl (C=O) groups is 1. The Morgan fingerprint density at radius 3 is 3.00 bits per heavy atom. The van der Waals surface area contributed by atoms with E-state index in [1.165, 1.54) is 18.4 Å². The Balaban J connectivity index is 1.41. The van der Waals surface area contributed by atoms with Crippen LogP contribution in [0.25, 0.3) is 0 Å². The fourth-order valence-corrected chi connectivity index (χ4v) is 3.97. The maximum atomic E-state index is 12.7. The van der Waals surface area contributed by atoms with Gasteiger partial charge < -0.3 is 10.1 Å². The largest absolute Gasteiger partial charge is 0.377 e. The van der Waals surface area contributed by atoms with Crippen LogP contribution in [0.1, 0.15) is 24.8 Å². The number of nitrogens with one attached hydrogen (secondary N) is 1. The average Bonchev–Trinajstić information content (AvgIpc) is 3.10. The van der Waals surface area contributed by atoms with Crippen molar-refractivity contribution < 1.29 is 9.53 Å². The summed E-state index contributed by atoms with van der Waals surface area (Å²) in [6, 6.07) is 0. The Kier molecular flexibility index (Phi) is 4.11. The molecule has 4 rings (SSSR count). The predicted molar refractivity (Wildman–Crippen MR) is 85.6 cm³/mol. The number of amides is 1. The van der Waals surface area contributed by atoms with E-state index in [9.17, 15) is 4.79 Å². The molecule has 3 aliphatic rings. The molecule has 0 unspecified atom stereocenters. The summed E-state index contributed by atoms with van der Waals surface area (Å²) in [4.78, 5) is 15.0. The van der Waals surface area contributed by atoms with Gasteiger partial charge in [-0.2, -0.15) is 5.10 Å². The Hall–Kier alpha value is -1.40. The normalized spacial score (nSPS) is 31.1. The number of hydrogen-bond donors (Lipinski definition) is 1. The molecule has 1 saturated carbocycles. The van der Waals surface area contributed by atoms with Gasteiger partial charge in [-0.1, -0.05) is 0 Å². The highest BCUT2D eigenvalue weighted by Crippen LogP contribution is 2.35. The number of carbonyl (C=O) groups excluding carboxylic acids is 1. The first-order valence-electron chi connectivity index (χ1n) is 8.78. The molecule has 2 saturated heterocycles. The lowest BCUT2D eigenvalue weighted by Crippen LogP contribution is -2.52. The lowest BCUT2D eigenvalue weighted by Gasteiger charge is -2.39. The minimum absolute atomic E-state index is 0.0617. The summed E-state index contributed by atoms with van der Waals surface area (Å²) >= 11 is 0. The van der Waals surface area contributed by atoms with E-state index >= 15 is 0 Å². The average molecular weight is 318 g/mol. The number of ether oxygens (including phenoxy) is 1. The van der Waals surface area contributed by atoms with Crippen molar-refractivity contribution in [3.05, 3.63) is 18.0 Å². The summed E-state index contributed by atoms with van der Waals surface area (Å²) in [6.45, 7) is 4.24. The van der Waals surface area contributed by atoms with Crippen LogP contribution >= 0.6 is 0 Å². The van der Waals surface area contributed by atoms with Crippen molar-refractivity contribution in [2.45, 2.75) is 31.9 Å². The van der Waals surface area contributed by atoms with E-state index in [1.54, 1.807) is 0 Å². The molecule has 0 bridgehead atoms. The van der Waals surface area contributed by atoms with Gasteiger partial charge >= 0.3 is 0 Å². The monoisotopic (exact) mass is 318 g/mol. The number of aromatic nitrogens is 2. The van der Waals surface area contributed by atoms with E-state index < -0.39 is 0 Å². The molecule has 3 fully saturated rings. The highest BCUT2D eigenvalue weighted by molar-refractivity contribution is 5.79. The van der Waals surface area contributed by atoms with Crippen LogP contribution in [0.5, 0.6) is 0 Å². The second-order valence-electron chi connectivity index (χ2n) is 7.37. The van der Waals surface area contributed by atoms with Crippen molar-refractivity contribution in [1.29, 1.82) is 0 Å². The standard InChI is InChI=1S/C17H26N4O2/c1-20-8-13(7-19-20)9-21-10-15(14-4-5-23-16(14)11-21)17(22)18-6-12-2-3-12/h7-8,12,14-16H,2-6,9-11H2,1H3,(H,18,22)/t14-,15-,16+/m0/s1. The summed E-state index contributed by atoms with van der Waals surface area (Å²) in [6.07, 6.45) is 7.72. The third-order valence-corrected chi connectivity index (χ3v) is 5.43. The van der Waals surface area contributed by atoms with Crippen LogP contribution < -0.4 is 5.32 Å². The molecule has 2 aliphatic heterocycles. The molecule has 1 aromatic heterocycles. The summed E-state index contributed by atoms with van der Waals surface area (Å²) in [7, 11) is 1.93. The fourth-order valence-electron chi connectivity index (χ4n) is 3.97. The van der Waals surface area contributed by atoms with Gasteiger partial charge in [0.1, 0.15) is 0 Å². The number of fused-ring (bicyclic) bond motifs is 1. The van der Waals surface area contributed by atoms with Crippen molar-refractivity contribution in [2.24, 2.45) is 24.8 Å². The molecule has 1 N–H and O–H groups in total. The fraction of sp³-hybridized carbons (Fsp3) is 0.765. The quantitative estimate of drug-likeness (QED) is 0.872. The van der Waals surface area contributed by atoms with Gasteiger partial charge in [-0.05, 0) is 25.2 Å². The van der Waals surface area contributed by atoms with Crippen molar-refractivity contribution in [3.63, 3.8) is 0 Å². The number of piperidine rings is 1. The van der Waals surface area contributed by atoms with E-state index in [1.807, 2.05) is 24.1 Å². The van der Waals surface area contributed by atoms with Gasteiger partial charge in [0.25, 0.3) is 0 Å². The van der Waals surface area contributed by atoms with Crippen molar-refractivity contribution in [1.82, 2.24) is 20.0 Å². The summed E-state index contributed by atoms with van der Waals surface area (Å²) in [5.74, 6) is 1.41. The summed E-state index contributed by atoms with van der Waals surface area (Å²) in [5, 5.41) is 7.42. The number of aryl methyl sites for hydroxylation is 1. The predicted octanol–water partition coefficient (Wildman–Crippen LogP) is 0.783. The second kappa shape index (κ2) is 6.24. The highest BCUT2D eigenvalue weighted by Gasteiger charge is 2.44. The van der Waals surface area contributed by atoms with Gasteiger partial charge in [0.15, 0.2) is 0 Å². The van der Waals surface area contributed by atoms with E-state index in [0.717, 1.165) is 45.1 Å². The third-order valence-electron chi connectivity index (χ3n) is 5.43. The zero-order valence-electron chi connectivity index (χ0n) is 13.8. The van der Waals surface area contributed by atoms with Gasteiger partial charge in [0.2, 0.25) is 5.91 Å². The molecule has 0 aromatic carbocycles. The van der Waals surface area contributed by atoms with Crippen molar-refractivity contribution >= 4 is 5.91 Å². The molecule has 23 heavy (non-hydrogen) atoms. The lowest BCUT2D eigenvalue weighted by atomic mass is 9.82. The van der Waals surface area contributed by atoms with E-state index in [-0.39, 0.29) is 17.9 Å². The molecular weight excluding hydrogens is 292 g/mol. The molecule has 6 nitrogen and oxygen atoms in total. The Bertz CT molecular complexity index is 569. The molecule has 3 heterocycles. The molecule has 1 aromatic rings. The van der Waals surface area contributed by atoms with Crippen molar-refractivity contribution in [3.8, 4) is 0 Å². The molecule has 3 atom stereocenters. The first kappa shape index (κ1) is 15.1. The summed E-state index contributed by atoms with van der Waals surface area (Å²) in [5.41, 5.74) is 1.20. The van der Waals surface area contributed by atoms with E-state index in [4.69, 9.17) is 4.74 Å². The zero-order chi connectivity index (χ0) is 15.8. The van der Waals surface area contributed by atoms with Crippen LogP contribution in [0.15, 0.2) is 12.4 Å². The minimum Gasteiger partial charge on any atom is -0.377 e. The maximum absolute atomic E-state index is 12.7. The van der Waals surface area contributed by atoms with Crippen LogP contribution in [0.4, 0.5) is 0 Å². The zero-order valence-corrected chi connectivity index (χ0v) is 13.8. The third kappa shape index (κ3) is 3.43. The van der Waals surface area contributed by atoms with Crippen LogP contribution in [-0.2, 0) is 23.1 Å². The van der Waals surface area contributed by atoms with Gasteiger partial charge in [0, 0.05) is 57.5 Å². The molecule has 6 heteroatoms. The first-order chi connectivity index (χ1) is 11.2. The van der Waals surface area contributed by atoms with Gasteiger partial charge in [-0.25, -0.2) is 0 Å². The number of hydrogen-bond acceptors (Lipinski definition) is 4.